The van der Waals surface area contributed by atoms with Crippen molar-refractivity contribution < 1.29 is 9.21 Å². The largest absolute Gasteiger partial charge is 0.463 e. The van der Waals surface area contributed by atoms with Gasteiger partial charge >= 0.3 is 0 Å². The Balaban J connectivity index is 1.39. The predicted octanol–water partition coefficient (Wildman–Crippen LogP) is 3.72. The fraction of sp³-hybridized carbons (Fsp3) is 0.0556. The smallest absolute Gasteiger partial charge is 0.272 e. The minimum atomic E-state index is -0.228. The van der Waals surface area contributed by atoms with Gasteiger partial charge in [0.25, 0.3) is 5.91 Å². The molecule has 4 rings (SSSR count). The minimum absolute atomic E-state index is 0.228. The molecule has 0 fully saturated rings. The lowest BCUT2D eigenvalue weighted by Crippen LogP contribution is -2.23. The Labute approximate surface area is 147 Å². The van der Waals surface area contributed by atoms with Gasteiger partial charge in [0.1, 0.15) is 5.69 Å². The van der Waals surface area contributed by atoms with Crippen molar-refractivity contribution in [2.45, 2.75) is 6.54 Å². The number of rotatable bonds is 5. The summed E-state index contributed by atoms with van der Waals surface area (Å²) in [6, 6.07) is 13.1. The zero-order chi connectivity index (χ0) is 17.1. The maximum Gasteiger partial charge on any atom is 0.272 e. The van der Waals surface area contributed by atoms with E-state index in [1.54, 1.807) is 29.9 Å². The standard InChI is InChI=1S/C18H14N4O2S/c23-18(15-9-14(21-22-15)17-4-2-8-25-17)20-11-12-5-6-13(19-10-12)16-3-1-7-24-16/h1-10H,11H2,(H,20,23)(H,21,22). The third-order valence-corrected chi connectivity index (χ3v) is 4.55. The Morgan fingerprint density at radius 3 is 2.92 bits per heavy atom. The average molecular weight is 350 g/mol. The molecule has 0 saturated carbocycles. The first-order chi connectivity index (χ1) is 12.3. The molecule has 1 amide bonds. The summed E-state index contributed by atoms with van der Waals surface area (Å²) in [5.41, 5.74) is 2.86. The molecule has 25 heavy (non-hydrogen) atoms. The van der Waals surface area contributed by atoms with Gasteiger partial charge in [-0.3, -0.25) is 14.9 Å². The number of aromatic amines is 1. The fourth-order valence-electron chi connectivity index (χ4n) is 2.37. The van der Waals surface area contributed by atoms with Gasteiger partial charge in [-0.05, 0) is 41.3 Å². The van der Waals surface area contributed by atoms with Crippen LogP contribution in [0.4, 0.5) is 0 Å². The Hall–Kier alpha value is -3.19. The highest BCUT2D eigenvalue weighted by atomic mass is 32.1. The summed E-state index contributed by atoms with van der Waals surface area (Å²) in [6.45, 7) is 0.380. The molecule has 0 aliphatic rings. The molecule has 0 aromatic carbocycles. The first-order valence-corrected chi connectivity index (χ1v) is 8.54. The van der Waals surface area contributed by atoms with Crippen molar-refractivity contribution in [1.29, 1.82) is 0 Å². The molecule has 0 aliphatic carbocycles. The fourth-order valence-corrected chi connectivity index (χ4v) is 3.06. The van der Waals surface area contributed by atoms with Crippen LogP contribution in [0.5, 0.6) is 0 Å². The molecule has 2 N–H and O–H groups in total. The van der Waals surface area contributed by atoms with Crippen LogP contribution in [0.1, 0.15) is 16.1 Å². The van der Waals surface area contributed by atoms with Gasteiger partial charge in [0.2, 0.25) is 0 Å². The molecule has 0 spiro atoms. The average Bonchev–Trinajstić information content (AvgIpc) is 3.42. The quantitative estimate of drug-likeness (QED) is 0.574. The normalized spacial score (nSPS) is 10.7. The van der Waals surface area contributed by atoms with Gasteiger partial charge in [-0.25, -0.2) is 0 Å². The van der Waals surface area contributed by atoms with E-state index >= 15 is 0 Å². The van der Waals surface area contributed by atoms with Gasteiger partial charge in [0.05, 0.1) is 16.8 Å². The molecule has 7 heteroatoms. The third-order valence-electron chi connectivity index (χ3n) is 3.65. The van der Waals surface area contributed by atoms with Gasteiger partial charge in [0.15, 0.2) is 11.5 Å². The third kappa shape index (κ3) is 3.36. The second kappa shape index (κ2) is 6.74. The number of carbonyl (C=O) groups is 1. The second-order valence-electron chi connectivity index (χ2n) is 5.36. The number of amides is 1. The molecule has 0 saturated heterocycles. The van der Waals surface area contributed by atoms with E-state index in [0.29, 0.717) is 18.0 Å². The van der Waals surface area contributed by atoms with Crippen LogP contribution in [-0.2, 0) is 6.54 Å². The lowest BCUT2D eigenvalue weighted by molar-refractivity contribution is 0.0946. The van der Waals surface area contributed by atoms with E-state index in [-0.39, 0.29) is 5.91 Å². The summed E-state index contributed by atoms with van der Waals surface area (Å²) >= 11 is 1.59. The highest BCUT2D eigenvalue weighted by Crippen LogP contribution is 2.23. The van der Waals surface area contributed by atoms with Crippen molar-refractivity contribution in [2.75, 3.05) is 0 Å². The summed E-state index contributed by atoms with van der Waals surface area (Å²) in [5, 5.41) is 11.8. The maximum absolute atomic E-state index is 12.2. The van der Waals surface area contributed by atoms with Crippen LogP contribution >= 0.6 is 11.3 Å². The molecule has 0 unspecified atom stereocenters. The zero-order valence-electron chi connectivity index (χ0n) is 13.1. The molecule has 0 radical (unpaired) electrons. The number of pyridine rings is 1. The van der Waals surface area contributed by atoms with Gasteiger partial charge in [-0.2, -0.15) is 5.10 Å². The Morgan fingerprint density at radius 1 is 1.24 bits per heavy atom. The van der Waals surface area contributed by atoms with E-state index in [2.05, 4.69) is 20.5 Å². The lowest BCUT2D eigenvalue weighted by Gasteiger charge is -2.04. The van der Waals surface area contributed by atoms with E-state index in [9.17, 15) is 4.79 Å². The number of aromatic nitrogens is 3. The number of nitrogens with zero attached hydrogens (tertiary/aromatic N) is 2. The molecule has 0 bridgehead atoms. The zero-order valence-corrected chi connectivity index (χ0v) is 13.9. The Morgan fingerprint density at radius 2 is 2.20 bits per heavy atom. The van der Waals surface area contributed by atoms with E-state index in [4.69, 9.17) is 4.42 Å². The molecular formula is C18H14N4O2S. The van der Waals surface area contributed by atoms with Crippen LogP contribution in [0.2, 0.25) is 0 Å². The summed E-state index contributed by atoms with van der Waals surface area (Å²) in [7, 11) is 0. The summed E-state index contributed by atoms with van der Waals surface area (Å²) in [6.07, 6.45) is 3.33. The summed E-state index contributed by atoms with van der Waals surface area (Å²) in [5.74, 6) is 0.488. The van der Waals surface area contributed by atoms with E-state index in [1.807, 2.05) is 41.8 Å². The molecule has 4 heterocycles. The van der Waals surface area contributed by atoms with Crippen LogP contribution in [0, 0.1) is 0 Å². The van der Waals surface area contributed by atoms with Gasteiger partial charge in [0, 0.05) is 12.7 Å². The summed E-state index contributed by atoms with van der Waals surface area (Å²) < 4.78 is 5.31. The van der Waals surface area contributed by atoms with Crippen LogP contribution in [0.15, 0.2) is 64.7 Å². The van der Waals surface area contributed by atoms with Crippen LogP contribution in [0.3, 0.4) is 0 Å². The molecular weight excluding hydrogens is 336 g/mol. The topological polar surface area (TPSA) is 83.8 Å². The number of hydrogen-bond donors (Lipinski definition) is 2. The van der Waals surface area contributed by atoms with Crippen molar-refractivity contribution in [2.24, 2.45) is 0 Å². The van der Waals surface area contributed by atoms with Crippen LogP contribution in [0.25, 0.3) is 22.0 Å². The van der Waals surface area contributed by atoms with E-state index in [1.165, 1.54) is 0 Å². The SMILES string of the molecule is O=C(NCc1ccc(-c2ccco2)nc1)c1cc(-c2cccs2)[nH]n1. The first-order valence-electron chi connectivity index (χ1n) is 7.66. The Kier molecular flexibility index (Phi) is 4.14. The highest BCUT2D eigenvalue weighted by Gasteiger charge is 2.12. The number of thiophene rings is 1. The van der Waals surface area contributed by atoms with E-state index in [0.717, 1.165) is 21.8 Å². The minimum Gasteiger partial charge on any atom is -0.463 e. The van der Waals surface area contributed by atoms with Gasteiger partial charge in [-0.1, -0.05) is 12.1 Å². The molecule has 4 aromatic heterocycles. The summed E-state index contributed by atoms with van der Waals surface area (Å²) in [4.78, 5) is 17.6. The first kappa shape index (κ1) is 15.3. The predicted molar refractivity (Wildman–Crippen MR) is 95.0 cm³/mol. The van der Waals surface area contributed by atoms with Crippen molar-refractivity contribution >= 4 is 17.2 Å². The number of H-pyrrole nitrogens is 1. The second-order valence-corrected chi connectivity index (χ2v) is 6.30. The van der Waals surface area contributed by atoms with Gasteiger partial charge in [-0.15, -0.1) is 11.3 Å². The number of hydrogen-bond acceptors (Lipinski definition) is 5. The Bertz CT molecular complexity index is 957. The number of carbonyl (C=O) groups excluding carboxylic acids is 1. The maximum atomic E-state index is 12.2. The van der Waals surface area contributed by atoms with E-state index < -0.39 is 0 Å². The highest BCUT2D eigenvalue weighted by molar-refractivity contribution is 7.13. The molecule has 6 nitrogen and oxygen atoms in total. The van der Waals surface area contributed by atoms with Crippen molar-refractivity contribution in [3.8, 4) is 22.0 Å². The van der Waals surface area contributed by atoms with Crippen molar-refractivity contribution in [3.63, 3.8) is 0 Å². The van der Waals surface area contributed by atoms with Gasteiger partial charge < -0.3 is 9.73 Å². The molecule has 4 aromatic rings. The molecule has 124 valence electrons. The number of furan rings is 1. The lowest BCUT2D eigenvalue weighted by atomic mass is 10.2. The van der Waals surface area contributed by atoms with Crippen LogP contribution < -0.4 is 5.32 Å². The molecule has 0 atom stereocenters. The van der Waals surface area contributed by atoms with Crippen molar-refractivity contribution in [1.82, 2.24) is 20.5 Å². The molecule has 0 aliphatic heterocycles. The monoisotopic (exact) mass is 350 g/mol. The van der Waals surface area contributed by atoms with Crippen molar-refractivity contribution in [3.05, 3.63) is 71.6 Å². The van der Waals surface area contributed by atoms with Crippen LogP contribution in [-0.4, -0.2) is 21.1 Å². The number of nitrogens with one attached hydrogen (secondary N) is 2.